The van der Waals surface area contributed by atoms with Gasteiger partial charge in [-0.2, -0.15) is 0 Å². The summed E-state index contributed by atoms with van der Waals surface area (Å²) in [6.07, 6.45) is 14.8. The summed E-state index contributed by atoms with van der Waals surface area (Å²) in [4.78, 5) is 60.2. The lowest BCUT2D eigenvalue weighted by molar-refractivity contribution is -0.138. The molecular weight excluding hydrogens is 558 g/mol. The minimum atomic E-state index is -1.21. The molecule has 1 aliphatic carbocycles. The number of rotatable bonds is 18. The van der Waals surface area contributed by atoms with Crippen LogP contribution in [-0.4, -0.2) is 52.0 Å². The highest BCUT2D eigenvalue weighted by Crippen LogP contribution is 2.31. The first-order chi connectivity index (χ1) is 20.0. The maximum Gasteiger partial charge on any atom is 0.303 e. The van der Waals surface area contributed by atoms with Crippen molar-refractivity contribution in [3.8, 4) is 0 Å². The summed E-state index contributed by atoms with van der Waals surface area (Å²) < 4.78 is 0. The lowest BCUT2D eigenvalue weighted by atomic mass is 9.94. The third kappa shape index (κ3) is 12.1. The van der Waals surface area contributed by atoms with Crippen molar-refractivity contribution in [1.82, 2.24) is 10.6 Å². The number of carbonyl (C=O) groups excluding carboxylic acids is 3. The predicted octanol–water partition coefficient (Wildman–Crippen LogP) is 4.22. The molecule has 1 aromatic rings. The average molecular weight is 598 g/mol. The Hall–Kier alpha value is -4.25. The zero-order valence-electron chi connectivity index (χ0n) is 23.7. The molecule has 0 radical (unpaired) electrons. The van der Waals surface area contributed by atoms with Gasteiger partial charge < -0.3 is 26.6 Å². The molecule has 10 nitrogen and oxygen atoms in total. The highest BCUT2D eigenvalue weighted by Gasteiger charge is 2.26. The number of amides is 3. The summed E-state index contributed by atoms with van der Waals surface area (Å²) in [5.74, 6) is -3.93. The van der Waals surface area contributed by atoms with Crippen LogP contribution in [0.3, 0.4) is 0 Å². The SMILES string of the molecule is C=C(/C=C\C(=C/C)CCC(=O)NC(CCC(=O)O)C(=O)N[C@@H](CCCC(=O)O)C(N)=O)c1cc(C2C=CC=CC2)cs1. The Kier molecular flexibility index (Phi) is 14.2. The van der Waals surface area contributed by atoms with Gasteiger partial charge in [-0.3, -0.25) is 24.0 Å². The highest BCUT2D eigenvalue weighted by molar-refractivity contribution is 7.11. The maximum absolute atomic E-state index is 12.8. The molecule has 3 amide bonds. The molecule has 42 heavy (non-hydrogen) atoms. The molecule has 0 saturated heterocycles. The first kappa shape index (κ1) is 34.0. The lowest BCUT2D eigenvalue weighted by Gasteiger charge is -2.21. The van der Waals surface area contributed by atoms with Crippen LogP contribution < -0.4 is 16.4 Å². The molecule has 0 fully saturated rings. The standard InChI is InChI=1S/C31H39N3O7S/c1-3-21(13-12-20(2)26-18-23(19-42-26)22-8-5-4-6-9-22)14-16-27(35)33-25(15-17-29(38)39)31(41)34-24(30(32)40)10-7-11-28(36)37/h3-6,8,12-13,18-19,22,24-25H,2,7,9-11,14-17H2,1H3,(H2,32,40)(H,33,35)(H,34,41)(H,36,37)(H,38,39)/b13-12-,21-3+/t22?,24-,25?/m0/s1. The number of hydrogen-bond donors (Lipinski definition) is 5. The van der Waals surface area contributed by atoms with Crippen molar-refractivity contribution >= 4 is 46.6 Å². The molecule has 0 spiro atoms. The fraction of sp³-hybridized carbons (Fsp3) is 0.387. The number of aliphatic carboxylic acids is 2. The fourth-order valence-electron chi connectivity index (χ4n) is 4.23. The van der Waals surface area contributed by atoms with Crippen LogP contribution in [0.1, 0.15) is 74.6 Å². The number of nitrogens with one attached hydrogen (secondary N) is 2. The van der Waals surface area contributed by atoms with E-state index in [9.17, 15) is 24.0 Å². The Morgan fingerprint density at radius 1 is 1.02 bits per heavy atom. The molecule has 0 saturated carbocycles. The van der Waals surface area contributed by atoms with Gasteiger partial charge in [0.2, 0.25) is 17.7 Å². The molecule has 2 rings (SSSR count). The average Bonchev–Trinajstić information content (AvgIpc) is 3.45. The van der Waals surface area contributed by atoms with E-state index >= 15 is 0 Å². The summed E-state index contributed by atoms with van der Waals surface area (Å²) >= 11 is 1.63. The smallest absolute Gasteiger partial charge is 0.303 e. The Morgan fingerprint density at radius 3 is 2.38 bits per heavy atom. The van der Waals surface area contributed by atoms with Crippen molar-refractivity contribution in [3.05, 3.63) is 76.6 Å². The minimum absolute atomic E-state index is 0.00297. The van der Waals surface area contributed by atoms with Crippen LogP contribution in [0.15, 0.2) is 66.1 Å². The van der Waals surface area contributed by atoms with Crippen LogP contribution in [0.5, 0.6) is 0 Å². The highest BCUT2D eigenvalue weighted by atomic mass is 32.1. The maximum atomic E-state index is 12.8. The summed E-state index contributed by atoms with van der Waals surface area (Å²) in [5, 5.41) is 25.0. The quantitative estimate of drug-likeness (QED) is 0.157. The van der Waals surface area contributed by atoms with E-state index in [1.165, 1.54) is 5.56 Å². The third-order valence-corrected chi connectivity index (χ3v) is 7.72. The number of hydrogen-bond acceptors (Lipinski definition) is 6. The molecule has 1 heterocycles. The first-order valence-electron chi connectivity index (χ1n) is 13.8. The normalized spacial score (nSPS) is 16.1. The molecule has 0 aliphatic heterocycles. The first-order valence-corrected chi connectivity index (χ1v) is 14.6. The second kappa shape index (κ2) is 17.5. The van der Waals surface area contributed by atoms with Gasteiger partial charge in [-0.25, -0.2) is 0 Å². The van der Waals surface area contributed by atoms with Crippen molar-refractivity contribution < 1.29 is 34.2 Å². The molecule has 1 aromatic heterocycles. The van der Waals surface area contributed by atoms with Crippen molar-refractivity contribution in [2.45, 2.75) is 76.3 Å². The summed E-state index contributed by atoms with van der Waals surface area (Å²) in [6, 6.07) is -0.211. The van der Waals surface area contributed by atoms with E-state index in [-0.39, 0.29) is 38.5 Å². The monoisotopic (exact) mass is 597 g/mol. The van der Waals surface area contributed by atoms with E-state index in [1.807, 2.05) is 31.2 Å². The molecule has 11 heteroatoms. The Bertz CT molecular complexity index is 1270. The van der Waals surface area contributed by atoms with E-state index in [0.717, 1.165) is 22.4 Å². The van der Waals surface area contributed by atoms with Gasteiger partial charge in [0.25, 0.3) is 0 Å². The Morgan fingerprint density at radius 2 is 1.76 bits per heavy atom. The number of primary amides is 1. The van der Waals surface area contributed by atoms with Crippen LogP contribution >= 0.6 is 11.3 Å². The van der Waals surface area contributed by atoms with E-state index in [4.69, 9.17) is 15.9 Å². The van der Waals surface area contributed by atoms with Crippen molar-refractivity contribution in [1.29, 1.82) is 0 Å². The van der Waals surface area contributed by atoms with Crippen LogP contribution in [0, 0.1) is 0 Å². The van der Waals surface area contributed by atoms with E-state index in [2.05, 4.69) is 46.9 Å². The van der Waals surface area contributed by atoms with Crippen molar-refractivity contribution in [3.63, 3.8) is 0 Å². The number of nitrogens with two attached hydrogens (primary N) is 1. The van der Waals surface area contributed by atoms with Gasteiger partial charge in [-0.1, -0.05) is 54.7 Å². The number of carbonyl (C=O) groups is 5. The van der Waals surface area contributed by atoms with Gasteiger partial charge in [-0.05, 0) is 61.6 Å². The van der Waals surface area contributed by atoms with Gasteiger partial charge >= 0.3 is 11.9 Å². The topological polar surface area (TPSA) is 176 Å². The molecule has 1 aliphatic rings. The number of thiophene rings is 1. The van der Waals surface area contributed by atoms with E-state index in [1.54, 1.807) is 11.3 Å². The molecule has 0 bridgehead atoms. The Labute approximate surface area is 249 Å². The zero-order chi connectivity index (χ0) is 31.1. The summed E-state index contributed by atoms with van der Waals surface area (Å²) in [5.41, 5.74) is 8.31. The third-order valence-electron chi connectivity index (χ3n) is 6.70. The van der Waals surface area contributed by atoms with Gasteiger partial charge in [0, 0.05) is 30.1 Å². The summed E-state index contributed by atoms with van der Waals surface area (Å²) in [7, 11) is 0. The molecule has 0 aromatic carbocycles. The van der Waals surface area contributed by atoms with Crippen molar-refractivity contribution in [2.75, 3.05) is 0 Å². The second-order valence-corrected chi connectivity index (χ2v) is 10.8. The lowest BCUT2D eigenvalue weighted by Crippen LogP contribution is -2.53. The van der Waals surface area contributed by atoms with Crippen LogP contribution in [0.2, 0.25) is 0 Å². The second-order valence-electron chi connectivity index (χ2n) is 9.92. The molecule has 3 atom stereocenters. The van der Waals surface area contributed by atoms with Crippen LogP contribution in [0.4, 0.5) is 0 Å². The van der Waals surface area contributed by atoms with Gasteiger partial charge in [-0.15, -0.1) is 11.3 Å². The molecule has 226 valence electrons. The zero-order valence-corrected chi connectivity index (χ0v) is 24.5. The molecular formula is C31H39N3O7S. The summed E-state index contributed by atoms with van der Waals surface area (Å²) in [6.45, 7) is 6.02. The molecule has 6 N–H and O–H groups in total. The number of allylic oxidation sites excluding steroid dienone is 9. The molecule has 2 unspecified atom stereocenters. The number of carboxylic acid groups (broad SMARTS) is 2. The fourth-order valence-corrected chi connectivity index (χ4v) is 5.16. The van der Waals surface area contributed by atoms with E-state index < -0.39 is 41.7 Å². The predicted molar refractivity (Wildman–Crippen MR) is 163 cm³/mol. The van der Waals surface area contributed by atoms with Gasteiger partial charge in [0.1, 0.15) is 12.1 Å². The largest absolute Gasteiger partial charge is 0.481 e. The van der Waals surface area contributed by atoms with E-state index in [0.29, 0.717) is 12.3 Å². The van der Waals surface area contributed by atoms with Gasteiger partial charge in [0.15, 0.2) is 0 Å². The van der Waals surface area contributed by atoms with Crippen molar-refractivity contribution in [2.24, 2.45) is 5.73 Å². The number of carboxylic acids is 2. The minimum Gasteiger partial charge on any atom is -0.481 e. The van der Waals surface area contributed by atoms with Crippen LogP contribution in [0.25, 0.3) is 5.57 Å². The van der Waals surface area contributed by atoms with Crippen LogP contribution in [-0.2, 0) is 24.0 Å². The van der Waals surface area contributed by atoms with Gasteiger partial charge in [0.05, 0.1) is 0 Å². The Balaban J connectivity index is 1.94.